The Morgan fingerprint density at radius 3 is 2.60 bits per heavy atom. The Hall–Kier alpha value is -3.21. The van der Waals surface area contributed by atoms with Gasteiger partial charge in [0.05, 0.1) is 28.1 Å². The molecule has 0 amide bonds. The molecule has 3 rings (SSSR count). The minimum absolute atomic E-state index is 0.0724. The van der Waals surface area contributed by atoms with Crippen LogP contribution in [0.25, 0.3) is 23.1 Å². The molecule has 25 heavy (non-hydrogen) atoms. The van der Waals surface area contributed by atoms with Gasteiger partial charge in [-0.15, -0.1) is 0 Å². The number of pyridine rings is 1. The van der Waals surface area contributed by atoms with Gasteiger partial charge in [0.15, 0.2) is 0 Å². The Kier molecular flexibility index (Phi) is 5.04. The Bertz CT molecular complexity index is 918. The van der Waals surface area contributed by atoms with Crippen molar-refractivity contribution in [2.75, 3.05) is 6.61 Å². The van der Waals surface area contributed by atoms with Crippen molar-refractivity contribution in [1.82, 2.24) is 4.98 Å². The van der Waals surface area contributed by atoms with Crippen molar-refractivity contribution in [2.45, 2.75) is 13.3 Å². The van der Waals surface area contributed by atoms with E-state index in [-0.39, 0.29) is 10.6 Å². The van der Waals surface area contributed by atoms with Gasteiger partial charge in [-0.1, -0.05) is 31.2 Å². The highest BCUT2D eigenvalue weighted by atomic mass is 16.6. The summed E-state index contributed by atoms with van der Waals surface area (Å²) in [7, 11) is 0. The van der Waals surface area contributed by atoms with E-state index in [1.54, 1.807) is 24.3 Å². The molecule has 0 unspecified atom stereocenters. The number of non-ortho nitro benzene ring substituents is 1. The molecular formula is C20H18N2O3. The van der Waals surface area contributed by atoms with E-state index in [4.69, 9.17) is 4.74 Å². The molecule has 1 heterocycles. The van der Waals surface area contributed by atoms with Crippen molar-refractivity contribution in [2.24, 2.45) is 0 Å². The number of benzene rings is 2. The monoisotopic (exact) mass is 334 g/mol. The van der Waals surface area contributed by atoms with Crippen molar-refractivity contribution in [1.29, 1.82) is 0 Å². The van der Waals surface area contributed by atoms with E-state index in [9.17, 15) is 10.1 Å². The molecule has 126 valence electrons. The number of rotatable bonds is 6. The first-order valence-electron chi connectivity index (χ1n) is 8.12. The van der Waals surface area contributed by atoms with Gasteiger partial charge in [-0.05, 0) is 48.4 Å². The maximum Gasteiger partial charge on any atom is 0.278 e. The van der Waals surface area contributed by atoms with E-state index in [0.29, 0.717) is 17.5 Å². The fourth-order valence-electron chi connectivity index (χ4n) is 2.48. The van der Waals surface area contributed by atoms with Gasteiger partial charge in [0.1, 0.15) is 5.75 Å². The third-order valence-electron chi connectivity index (χ3n) is 3.73. The van der Waals surface area contributed by atoms with Gasteiger partial charge in [0.25, 0.3) is 5.69 Å². The van der Waals surface area contributed by atoms with Crippen LogP contribution >= 0.6 is 0 Å². The van der Waals surface area contributed by atoms with Gasteiger partial charge in [0.2, 0.25) is 0 Å². The Labute approximate surface area is 145 Å². The van der Waals surface area contributed by atoms with Crippen LogP contribution in [0.3, 0.4) is 0 Å². The minimum atomic E-state index is -0.387. The van der Waals surface area contributed by atoms with Gasteiger partial charge in [-0.2, -0.15) is 0 Å². The van der Waals surface area contributed by atoms with Gasteiger partial charge in [-0.25, -0.2) is 4.98 Å². The van der Waals surface area contributed by atoms with Crippen LogP contribution in [-0.4, -0.2) is 16.5 Å². The van der Waals surface area contributed by atoms with E-state index in [0.717, 1.165) is 23.4 Å². The maximum absolute atomic E-state index is 11.1. The predicted octanol–water partition coefficient (Wildman–Crippen LogP) is 5.10. The number of hydrogen-bond donors (Lipinski definition) is 0. The van der Waals surface area contributed by atoms with Crippen molar-refractivity contribution in [3.05, 3.63) is 76.0 Å². The summed E-state index contributed by atoms with van der Waals surface area (Å²) >= 11 is 0. The Morgan fingerprint density at radius 2 is 1.88 bits per heavy atom. The lowest BCUT2D eigenvalue weighted by Gasteiger charge is -2.04. The van der Waals surface area contributed by atoms with Gasteiger partial charge in [0, 0.05) is 6.07 Å². The third kappa shape index (κ3) is 4.01. The summed E-state index contributed by atoms with van der Waals surface area (Å²) in [4.78, 5) is 15.1. The Morgan fingerprint density at radius 1 is 1.08 bits per heavy atom. The fraction of sp³-hybridized carbons (Fsp3) is 0.150. The average molecular weight is 334 g/mol. The molecule has 0 radical (unpaired) electrons. The second kappa shape index (κ2) is 7.57. The number of nitro groups is 1. The molecule has 0 bridgehead atoms. The largest absolute Gasteiger partial charge is 0.494 e. The molecule has 5 heteroatoms. The molecule has 0 aliphatic heterocycles. The molecule has 0 aliphatic carbocycles. The second-order valence-corrected chi connectivity index (χ2v) is 5.59. The van der Waals surface area contributed by atoms with Crippen LogP contribution < -0.4 is 4.74 Å². The minimum Gasteiger partial charge on any atom is -0.494 e. The summed E-state index contributed by atoms with van der Waals surface area (Å²) in [5, 5.41) is 11.6. The molecule has 0 N–H and O–H groups in total. The lowest BCUT2D eigenvalue weighted by atomic mass is 10.1. The molecule has 0 aliphatic rings. The summed E-state index contributed by atoms with van der Waals surface area (Å²) in [5.74, 6) is 0.857. The zero-order valence-corrected chi connectivity index (χ0v) is 13.9. The highest BCUT2D eigenvalue weighted by Gasteiger charge is 2.11. The van der Waals surface area contributed by atoms with E-state index in [2.05, 4.69) is 11.9 Å². The summed E-state index contributed by atoms with van der Waals surface area (Å²) < 4.78 is 5.56. The lowest BCUT2D eigenvalue weighted by molar-refractivity contribution is -0.383. The van der Waals surface area contributed by atoms with E-state index in [1.807, 2.05) is 36.4 Å². The molecular weight excluding hydrogens is 316 g/mol. The topological polar surface area (TPSA) is 65.3 Å². The third-order valence-corrected chi connectivity index (χ3v) is 3.73. The first kappa shape index (κ1) is 16.6. The average Bonchev–Trinajstić information content (AvgIpc) is 2.64. The molecule has 0 saturated carbocycles. The molecule has 0 saturated heterocycles. The van der Waals surface area contributed by atoms with Crippen LogP contribution in [0.5, 0.6) is 5.75 Å². The summed E-state index contributed by atoms with van der Waals surface area (Å²) in [5.41, 5.74) is 2.46. The van der Waals surface area contributed by atoms with Crippen LogP contribution in [-0.2, 0) is 0 Å². The SMILES string of the molecule is CCCOc1ccc(C=Cc2ccc3c([N+](=O)[O-])cccc3n2)cc1. The molecule has 2 aromatic carbocycles. The van der Waals surface area contributed by atoms with Crippen LogP contribution in [0.15, 0.2) is 54.6 Å². The van der Waals surface area contributed by atoms with Crippen molar-refractivity contribution in [3.63, 3.8) is 0 Å². The number of nitrogens with zero attached hydrogens (tertiary/aromatic N) is 2. The van der Waals surface area contributed by atoms with Crippen LogP contribution in [0.2, 0.25) is 0 Å². The number of aromatic nitrogens is 1. The number of fused-ring (bicyclic) bond motifs is 1. The molecule has 1 aromatic heterocycles. The first-order valence-corrected chi connectivity index (χ1v) is 8.12. The molecule has 5 nitrogen and oxygen atoms in total. The van der Waals surface area contributed by atoms with E-state index in [1.165, 1.54) is 6.07 Å². The second-order valence-electron chi connectivity index (χ2n) is 5.59. The van der Waals surface area contributed by atoms with Gasteiger partial charge in [-0.3, -0.25) is 10.1 Å². The predicted molar refractivity (Wildman–Crippen MR) is 99.6 cm³/mol. The standard InChI is InChI=1S/C20H18N2O3/c1-2-14-25-17-11-7-15(8-12-17)6-9-16-10-13-18-19(21-16)4-3-5-20(18)22(23)24/h3-13H,2,14H2,1H3. The number of ether oxygens (including phenoxy) is 1. The maximum atomic E-state index is 11.1. The zero-order valence-electron chi connectivity index (χ0n) is 13.9. The normalized spacial score (nSPS) is 11.1. The van der Waals surface area contributed by atoms with Crippen molar-refractivity contribution in [3.8, 4) is 5.75 Å². The van der Waals surface area contributed by atoms with Crippen LogP contribution in [0.1, 0.15) is 24.6 Å². The summed E-state index contributed by atoms with van der Waals surface area (Å²) in [6.45, 7) is 2.78. The fourth-order valence-corrected chi connectivity index (χ4v) is 2.48. The summed E-state index contributed by atoms with van der Waals surface area (Å²) in [6, 6.07) is 16.3. The highest BCUT2D eigenvalue weighted by Crippen LogP contribution is 2.24. The molecule has 3 aromatic rings. The van der Waals surface area contributed by atoms with Crippen LogP contribution in [0, 0.1) is 10.1 Å². The first-order chi connectivity index (χ1) is 12.2. The highest BCUT2D eigenvalue weighted by molar-refractivity contribution is 5.88. The van der Waals surface area contributed by atoms with E-state index < -0.39 is 0 Å². The number of hydrogen-bond acceptors (Lipinski definition) is 4. The van der Waals surface area contributed by atoms with Gasteiger partial charge >= 0.3 is 0 Å². The molecule has 0 spiro atoms. The number of nitro benzene ring substituents is 1. The zero-order chi connectivity index (χ0) is 17.6. The lowest BCUT2D eigenvalue weighted by Crippen LogP contribution is -1.94. The summed E-state index contributed by atoms with van der Waals surface area (Å²) in [6.07, 6.45) is 4.82. The Balaban J connectivity index is 1.80. The molecule has 0 fully saturated rings. The van der Waals surface area contributed by atoms with Crippen molar-refractivity contribution >= 4 is 28.7 Å². The quantitative estimate of drug-likeness (QED) is 0.464. The van der Waals surface area contributed by atoms with Crippen LogP contribution in [0.4, 0.5) is 5.69 Å². The van der Waals surface area contributed by atoms with Gasteiger partial charge < -0.3 is 4.74 Å². The van der Waals surface area contributed by atoms with E-state index >= 15 is 0 Å². The van der Waals surface area contributed by atoms with Crippen molar-refractivity contribution < 1.29 is 9.66 Å². The smallest absolute Gasteiger partial charge is 0.278 e. The molecule has 0 atom stereocenters.